The Labute approximate surface area is 124 Å². The standard InChI is InChI=1S/C16H21FN2O2/c1-11-7-13(17)3-4-14(11)16(20)19-9-12-8-18(2)5-6-21-15(12)10-19/h3-4,7,12,15H,5-6,8-10H2,1-2H3/t12-,15+/m1/s1. The van der Waals surface area contributed by atoms with E-state index in [1.807, 2.05) is 4.90 Å². The summed E-state index contributed by atoms with van der Waals surface area (Å²) in [5, 5.41) is 0. The molecule has 2 heterocycles. The molecule has 0 aromatic heterocycles. The van der Waals surface area contributed by atoms with E-state index in [0.29, 0.717) is 30.1 Å². The van der Waals surface area contributed by atoms with Crippen molar-refractivity contribution in [2.24, 2.45) is 5.92 Å². The zero-order valence-electron chi connectivity index (χ0n) is 12.5. The van der Waals surface area contributed by atoms with Crippen molar-refractivity contribution in [1.82, 2.24) is 9.80 Å². The minimum absolute atomic E-state index is 0.0215. The summed E-state index contributed by atoms with van der Waals surface area (Å²) in [5.74, 6) is 0.0367. The van der Waals surface area contributed by atoms with Crippen molar-refractivity contribution in [1.29, 1.82) is 0 Å². The number of likely N-dealkylation sites (N-methyl/N-ethyl adjacent to an activating group) is 1. The molecule has 0 bridgehead atoms. The van der Waals surface area contributed by atoms with Crippen molar-refractivity contribution in [2.45, 2.75) is 13.0 Å². The Morgan fingerprint density at radius 1 is 1.33 bits per heavy atom. The number of likely N-dealkylation sites (tertiary alicyclic amines) is 1. The van der Waals surface area contributed by atoms with Gasteiger partial charge in [0.15, 0.2) is 0 Å². The van der Waals surface area contributed by atoms with E-state index in [4.69, 9.17) is 4.74 Å². The van der Waals surface area contributed by atoms with Gasteiger partial charge in [0.1, 0.15) is 5.82 Å². The third-order valence-corrected chi connectivity index (χ3v) is 4.44. The van der Waals surface area contributed by atoms with Crippen LogP contribution >= 0.6 is 0 Å². The Bertz CT molecular complexity index is 549. The van der Waals surface area contributed by atoms with Crippen LogP contribution in [0.5, 0.6) is 0 Å². The van der Waals surface area contributed by atoms with Gasteiger partial charge in [0, 0.05) is 37.7 Å². The molecule has 2 aliphatic rings. The van der Waals surface area contributed by atoms with E-state index in [1.165, 1.54) is 12.1 Å². The lowest BCUT2D eigenvalue weighted by molar-refractivity contribution is 0.0487. The minimum atomic E-state index is -0.305. The lowest BCUT2D eigenvalue weighted by atomic mass is 10.1. The van der Waals surface area contributed by atoms with Crippen LogP contribution in [0.25, 0.3) is 0 Å². The first-order valence-electron chi connectivity index (χ1n) is 7.40. The van der Waals surface area contributed by atoms with Crippen LogP contribution in [0.1, 0.15) is 15.9 Å². The topological polar surface area (TPSA) is 32.8 Å². The molecule has 0 N–H and O–H groups in total. The fourth-order valence-electron chi connectivity index (χ4n) is 3.26. The number of hydrogen-bond acceptors (Lipinski definition) is 3. The van der Waals surface area contributed by atoms with E-state index in [1.54, 1.807) is 13.0 Å². The second-order valence-corrected chi connectivity index (χ2v) is 6.10. The summed E-state index contributed by atoms with van der Waals surface area (Å²) < 4.78 is 19.0. The fraction of sp³-hybridized carbons (Fsp3) is 0.562. The first-order valence-corrected chi connectivity index (χ1v) is 7.40. The summed E-state index contributed by atoms with van der Waals surface area (Å²) >= 11 is 0. The van der Waals surface area contributed by atoms with Gasteiger partial charge in [-0.15, -0.1) is 0 Å². The molecule has 1 aromatic rings. The third kappa shape index (κ3) is 2.94. The Balaban J connectivity index is 1.75. The fourth-order valence-corrected chi connectivity index (χ4v) is 3.26. The Kier molecular flexibility index (Phi) is 3.95. The highest BCUT2D eigenvalue weighted by atomic mass is 19.1. The van der Waals surface area contributed by atoms with Gasteiger partial charge in [0.05, 0.1) is 12.7 Å². The van der Waals surface area contributed by atoms with E-state index in [0.717, 1.165) is 19.7 Å². The highest BCUT2D eigenvalue weighted by Gasteiger charge is 2.38. The molecular weight excluding hydrogens is 271 g/mol. The van der Waals surface area contributed by atoms with Crippen LogP contribution in [-0.2, 0) is 4.74 Å². The first-order chi connectivity index (χ1) is 10.0. The van der Waals surface area contributed by atoms with Crippen molar-refractivity contribution in [3.8, 4) is 0 Å². The van der Waals surface area contributed by atoms with Crippen molar-refractivity contribution >= 4 is 5.91 Å². The number of carbonyl (C=O) groups is 1. The van der Waals surface area contributed by atoms with Gasteiger partial charge in [-0.3, -0.25) is 4.79 Å². The van der Waals surface area contributed by atoms with E-state index in [9.17, 15) is 9.18 Å². The third-order valence-electron chi connectivity index (χ3n) is 4.44. The number of rotatable bonds is 1. The second-order valence-electron chi connectivity index (χ2n) is 6.10. The van der Waals surface area contributed by atoms with Gasteiger partial charge < -0.3 is 14.5 Å². The maximum Gasteiger partial charge on any atom is 0.254 e. The quantitative estimate of drug-likeness (QED) is 0.787. The van der Waals surface area contributed by atoms with Gasteiger partial charge >= 0.3 is 0 Å². The molecular formula is C16H21FN2O2. The van der Waals surface area contributed by atoms with E-state index < -0.39 is 0 Å². The molecule has 21 heavy (non-hydrogen) atoms. The molecule has 2 saturated heterocycles. The van der Waals surface area contributed by atoms with Gasteiger partial charge in [-0.1, -0.05) is 0 Å². The van der Waals surface area contributed by atoms with Crippen LogP contribution in [-0.4, -0.2) is 61.6 Å². The van der Waals surface area contributed by atoms with Crippen molar-refractivity contribution in [2.75, 3.05) is 39.8 Å². The Morgan fingerprint density at radius 2 is 2.14 bits per heavy atom. The van der Waals surface area contributed by atoms with E-state index >= 15 is 0 Å². The average molecular weight is 292 g/mol. The van der Waals surface area contributed by atoms with Crippen molar-refractivity contribution < 1.29 is 13.9 Å². The molecule has 0 unspecified atom stereocenters. The molecule has 1 amide bonds. The number of ether oxygens (including phenoxy) is 1. The number of halogens is 1. The smallest absolute Gasteiger partial charge is 0.254 e. The molecule has 2 atom stereocenters. The molecule has 114 valence electrons. The predicted octanol–water partition coefficient (Wildman–Crippen LogP) is 1.54. The molecule has 0 saturated carbocycles. The molecule has 2 fully saturated rings. The van der Waals surface area contributed by atoms with Crippen LogP contribution < -0.4 is 0 Å². The first kappa shape index (κ1) is 14.5. The molecule has 4 nitrogen and oxygen atoms in total. The second kappa shape index (κ2) is 5.73. The lowest BCUT2D eigenvalue weighted by Crippen LogP contribution is -2.32. The van der Waals surface area contributed by atoms with Gasteiger partial charge in [-0.05, 0) is 37.7 Å². The van der Waals surface area contributed by atoms with Crippen LogP contribution in [0.15, 0.2) is 18.2 Å². The number of hydrogen-bond donors (Lipinski definition) is 0. The molecule has 3 rings (SSSR count). The van der Waals surface area contributed by atoms with Crippen LogP contribution in [0.4, 0.5) is 4.39 Å². The molecule has 2 aliphatic heterocycles. The minimum Gasteiger partial charge on any atom is -0.375 e. The number of nitrogens with zero attached hydrogens (tertiary/aromatic N) is 2. The Morgan fingerprint density at radius 3 is 2.90 bits per heavy atom. The molecule has 1 aromatic carbocycles. The maximum absolute atomic E-state index is 13.2. The van der Waals surface area contributed by atoms with Crippen LogP contribution in [0.3, 0.4) is 0 Å². The summed E-state index contributed by atoms with van der Waals surface area (Å²) in [4.78, 5) is 16.7. The monoisotopic (exact) mass is 292 g/mol. The van der Waals surface area contributed by atoms with Crippen LogP contribution in [0.2, 0.25) is 0 Å². The molecule has 0 radical (unpaired) electrons. The summed E-state index contributed by atoms with van der Waals surface area (Å²) in [7, 11) is 2.08. The number of fused-ring (bicyclic) bond motifs is 1. The zero-order chi connectivity index (χ0) is 15.0. The number of aryl methyl sites for hydroxylation is 1. The van der Waals surface area contributed by atoms with E-state index in [2.05, 4.69) is 11.9 Å². The lowest BCUT2D eigenvalue weighted by Gasteiger charge is -2.20. The van der Waals surface area contributed by atoms with Crippen molar-refractivity contribution in [3.05, 3.63) is 35.1 Å². The van der Waals surface area contributed by atoms with E-state index in [-0.39, 0.29) is 17.8 Å². The zero-order valence-corrected chi connectivity index (χ0v) is 12.5. The highest BCUT2D eigenvalue weighted by molar-refractivity contribution is 5.95. The summed E-state index contributed by atoms with van der Waals surface area (Å²) in [5.41, 5.74) is 1.27. The van der Waals surface area contributed by atoms with Gasteiger partial charge in [0.25, 0.3) is 5.91 Å². The molecule has 5 heteroatoms. The largest absolute Gasteiger partial charge is 0.375 e. The normalized spacial score (nSPS) is 26.5. The van der Waals surface area contributed by atoms with Gasteiger partial charge in [-0.2, -0.15) is 0 Å². The number of benzene rings is 1. The summed E-state index contributed by atoms with van der Waals surface area (Å²) in [6, 6.07) is 4.33. The summed E-state index contributed by atoms with van der Waals surface area (Å²) in [6.07, 6.45) is 0.125. The number of carbonyl (C=O) groups excluding carboxylic acids is 1. The van der Waals surface area contributed by atoms with Crippen LogP contribution in [0, 0.1) is 18.7 Å². The summed E-state index contributed by atoms with van der Waals surface area (Å²) in [6.45, 7) is 5.73. The van der Waals surface area contributed by atoms with Crippen molar-refractivity contribution in [3.63, 3.8) is 0 Å². The highest BCUT2D eigenvalue weighted by Crippen LogP contribution is 2.25. The number of amides is 1. The SMILES string of the molecule is Cc1cc(F)ccc1C(=O)N1C[C@H]2CN(C)CCO[C@H]2C1. The average Bonchev–Trinajstić information content (AvgIpc) is 2.73. The maximum atomic E-state index is 13.2. The van der Waals surface area contributed by atoms with Gasteiger partial charge in [0.2, 0.25) is 0 Å². The predicted molar refractivity (Wildman–Crippen MR) is 77.8 cm³/mol. The van der Waals surface area contributed by atoms with Gasteiger partial charge in [-0.25, -0.2) is 4.39 Å². The Hall–Kier alpha value is -1.46. The molecule has 0 aliphatic carbocycles. The molecule has 0 spiro atoms.